The van der Waals surface area contributed by atoms with Gasteiger partial charge in [-0.15, -0.1) is 0 Å². The van der Waals surface area contributed by atoms with E-state index in [1.165, 1.54) is 0 Å². The maximum Gasteiger partial charge on any atom is 0.258 e. The molecule has 0 aromatic heterocycles. The first-order chi connectivity index (χ1) is 14.1. The molecule has 0 saturated carbocycles. The Morgan fingerprint density at radius 3 is 2.38 bits per heavy atom. The molecule has 6 heteroatoms. The first-order valence-corrected chi connectivity index (χ1v) is 9.18. The zero-order chi connectivity index (χ0) is 20.6. The minimum atomic E-state index is -0.198. The second-order valence-corrected chi connectivity index (χ2v) is 6.41. The van der Waals surface area contributed by atoms with Crippen LogP contribution in [-0.2, 0) is 4.79 Å². The standard InChI is InChI=1S/C23H23N3O3/c1-26(20-11-4-3-5-12-20)23(28)17-8-6-9-18(14-17)24-16-22(27)25-19-10-7-13-21(15-19)29-2/h3-15,24H,16H2,1-2H3,(H,25,27). The van der Waals surface area contributed by atoms with E-state index in [-0.39, 0.29) is 18.4 Å². The van der Waals surface area contributed by atoms with Crippen LogP contribution in [0.5, 0.6) is 5.75 Å². The number of nitrogens with one attached hydrogen (secondary N) is 2. The fourth-order valence-corrected chi connectivity index (χ4v) is 2.81. The molecule has 3 aromatic rings. The van der Waals surface area contributed by atoms with Crippen molar-refractivity contribution in [3.8, 4) is 5.75 Å². The highest BCUT2D eigenvalue weighted by Crippen LogP contribution is 2.18. The first kappa shape index (κ1) is 19.9. The Balaban J connectivity index is 1.60. The van der Waals surface area contributed by atoms with Crippen LogP contribution >= 0.6 is 0 Å². The van der Waals surface area contributed by atoms with Crippen molar-refractivity contribution in [3.63, 3.8) is 0 Å². The molecule has 0 bridgehead atoms. The van der Waals surface area contributed by atoms with Crippen molar-refractivity contribution in [1.29, 1.82) is 0 Å². The highest BCUT2D eigenvalue weighted by molar-refractivity contribution is 6.06. The molecule has 0 atom stereocenters. The fraction of sp³-hybridized carbons (Fsp3) is 0.130. The monoisotopic (exact) mass is 389 g/mol. The van der Waals surface area contributed by atoms with Gasteiger partial charge in [-0.05, 0) is 42.5 Å². The average Bonchev–Trinajstić information content (AvgIpc) is 2.77. The Bertz CT molecular complexity index is 989. The summed E-state index contributed by atoms with van der Waals surface area (Å²) in [5.74, 6) is 0.349. The zero-order valence-corrected chi connectivity index (χ0v) is 16.4. The van der Waals surface area contributed by atoms with Crippen LogP contribution in [0, 0.1) is 0 Å². The molecule has 2 N–H and O–H groups in total. The van der Waals surface area contributed by atoms with Crippen LogP contribution in [0.4, 0.5) is 17.1 Å². The van der Waals surface area contributed by atoms with Gasteiger partial charge in [0.1, 0.15) is 5.75 Å². The molecule has 3 rings (SSSR count). The molecule has 0 radical (unpaired) electrons. The van der Waals surface area contributed by atoms with Crippen LogP contribution in [0.1, 0.15) is 10.4 Å². The van der Waals surface area contributed by atoms with E-state index in [1.807, 2.05) is 42.5 Å². The van der Waals surface area contributed by atoms with Gasteiger partial charge in [0.25, 0.3) is 5.91 Å². The molecule has 2 amide bonds. The number of benzene rings is 3. The van der Waals surface area contributed by atoms with Crippen molar-refractivity contribution < 1.29 is 14.3 Å². The van der Waals surface area contributed by atoms with Crippen LogP contribution in [0.25, 0.3) is 0 Å². The van der Waals surface area contributed by atoms with Gasteiger partial charge in [-0.25, -0.2) is 0 Å². The smallest absolute Gasteiger partial charge is 0.258 e. The van der Waals surface area contributed by atoms with E-state index >= 15 is 0 Å². The second kappa shape index (κ2) is 9.41. The molecule has 0 heterocycles. The Hall–Kier alpha value is -3.80. The predicted molar refractivity (Wildman–Crippen MR) is 116 cm³/mol. The van der Waals surface area contributed by atoms with Crippen LogP contribution in [0.15, 0.2) is 78.9 Å². The number of hydrogen-bond acceptors (Lipinski definition) is 4. The van der Waals surface area contributed by atoms with E-state index in [1.54, 1.807) is 55.5 Å². The van der Waals surface area contributed by atoms with Crippen molar-refractivity contribution in [3.05, 3.63) is 84.4 Å². The molecule has 0 aliphatic rings. The number of ether oxygens (including phenoxy) is 1. The highest BCUT2D eigenvalue weighted by Gasteiger charge is 2.13. The molecule has 3 aromatic carbocycles. The Labute approximate surface area is 170 Å². The summed E-state index contributed by atoms with van der Waals surface area (Å²) in [6.45, 7) is 0.0728. The third-order valence-corrected chi connectivity index (χ3v) is 4.36. The van der Waals surface area contributed by atoms with Crippen LogP contribution in [0.3, 0.4) is 0 Å². The highest BCUT2D eigenvalue weighted by atomic mass is 16.5. The summed E-state index contributed by atoms with van der Waals surface area (Å²) in [7, 11) is 3.31. The van der Waals surface area contributed by atoms with Gasteiger partial charge in [-0.2, -0.15) is 0 Å². The number of para-hydroxylation sites is 1. The van der Waals surface area contributed by atoms with Gasteiger partial charge in [-0.3, -0.25) is 9.59 Å². The van der Waals surface area contributed by atoms with E-state index in [9.17, 15) is 9.59 Å². The average molecular weight is 389 g/mol. The summed E-state index contributed by atoms with van der Waals surface area (Å²) in [6, 6.07) is 23.7. The van der Waals surface area contributed by atoms with Crippen molar-refractivity contribution in [2.45, 2.75) is 0 Å². The number of carbonyl (C=O) groups excluding carboxylic acids is 2. The summed E-state index contributed by atoms with van der Waals surface area (Å²) < 4.78 is 5.15. The normalized spacial score (nSPS) is 10.1. The van der Waals surface area contributed by atoms with E-state index in [0.717, 1.165) is 5.69 Å². The maximum absolute atomic E-state index is 12.7. The number of carbonyl (C=O) groups is 2. The molecule has 0 fully saturated rings. The summed E-state index contributed by atoms with van der Waals surface area (Å²) in [5.41, 5.74) is 2.70. The van der Waals surface area contributed by atoms with Gasteiger partial charge < -0.3 is 20.3 Å². The molecule has 6 nitrogen and oxygen atoms in total. The molecule has 148 valence electrons. The van der Waals surface area contributed by atoms with Crippen molar-refractivity contribution >= 4 is 28.9 Å². The summed E-state index contributed by atoms with van der Waals surface area (Å²) >= 11 is 0. The summed E-state index contributed by atoms with van der Waals surface area (Å²) in [6.07, 6.45) is 0. The second-order valence-electron chi connectivity index (χ2n) is 6.41. The Morgan fingerprint density at radius 1 is 0.897 bits per heavy atom. The van der Waals surface area contributed by atoms with Gasteiger partial charge in [0, 0.05) is 35.7 Å². The van der Waals surface area contributed by atoms with Gasteiger partial charge in [0.15, 0.2) is 0 Å². The van der Waals surface area contributed by atoms with Crippen LogP contribution < -0.4 is 20.3 Å². The van der Waals surface area contributed by atoms with Crippen molar-refractivity contribution in [2.75, 3.05) is 36.2 Å². The zero-order valence-electron chi connectivity index (χ0n) is 16.4. The number of amides is 2. The first-order valence-electron chi connectivity index (χ1n) is 9.18. The van der Waals surface area contributed by atoms with Crippen molar-refractivity contribution in [1.82, 2.24) is 0 Å². The van der Waals surface area contributed by atoms with Crippen LogP contribution in [0.2, 0.25) is 0 Å². The van der Waals surface area contributed by atoms with Gasteiger partial charge in [0.2, 0.25) is 5.91 Å². The molecule has 0 spiro atoms. The van der Waals surface area contributed by atoms with E-state index < -0.39 is 0 Å². The molecule has 29 heavy (non-hydrogen) atoms. The number of anilines is 3. The Morgan fingerprint density at radius 2 is 1.62 bits per heavy atom. The molecular formula is C23H23N3O3. The predicted octanol–water partition coefficient (Wildman–Crippen LogP) is 4.02. The third kappa shape index (κ3) is 5.35. The quantitative estimate of drug-likeness (QED) is 0.640. The minimum Gasteiger partial charge on any atom is -0.497 e. The molecular weight excluding hydrogens is 366 g/mol. The van der Waals surface area contributed by atoms with Crippen molar-refractivity contribution in [2.24, 2.45) is 0 Å². The summed E-state index contributed by atoms with van der Waals surface area (Å²) in [4.78, 5) is 26.5. The summed E-state index contributed by atoms with van der Waals surface area (Å²) in [5, 5.41) is 5.86. The van der Waals surface area contributed by atoms with Gasteiger partial charge in [0.05, 0.1) is 13.7 Å². The number of hydrogen-bond donors (Lipinski definition) is 2. The van der Waals surface area contributed by atoms with E-state index in [4.69, 9.17) is 4.74 Å². The molecule has 0 saturated heterocycles. The van der Waals surface area contributed by atoms with E-state index in [2.05, 4.69) is 10.6 Å². The van der Waals surface area contributed by atoms with Gasteiger partial charge in [-0.1, -0.05) is 30.3 Å². The number of methoxy groups -OCH3 is 1. The molecule has 0 aliphatic heterocycles. The number of rotatable bonds is 7. The maximum atomic E-state index is 12.7. The lowest BCUT2D eigenvalue weighted by Crippen LogP contribution is -2.26. The SMILES string of the molecule is COc1cccc(NC(=O)CNc2cccc(C(=O)N(C)c3ccccc3)c2)c1. The third-order valence-electron chi connectivity index (χ3n) is 4.36. The lowest BCUT2D eigenvalue weighted by Gasteiger charge is -2.18. The topological polar surface area (TPSA) is 70.7 Å². The lowest BCUT2D eigenvalue weighted by molar-refractivity contribution is -0.114. The Kier molecular flexibility index (Phi) is 6.47. The fourth-order valence-electron chi connectivity index (χ4n) is 2.81. The molecule has 0 aliphatic carbocycles. The lowest BCUT2D eigenvalue weighted by atomic mass is 10.1. The largest absolute Gasteiger partial charge is 0.497 e. The number of nitrogens with zero attached hydrogens (tertiary/aromatic N) is 1. The van der Waals surface area contributed by atoms with Gasteiger partial charge >= 0.3 is 0 Å². The minimum absolute atomic E-state index is 0.0728. The van der Waals surface area contributed by atoms with E-state index in [0.29, 0.717) is 22.7 Å². The molecule has 0 unspecified atom stereocenters. The van der Waals surface area contributed by atoms with Crippen LogP contribution in [-0.4, -0.2) is 32.5 Å².